The molecular weight excluding hydrogens is 190 g/mol. The summed E-state index contributed by atoms with van der Waals surface area (Å²) in [5.41, 5.74) is 0. The van der Waals surface area contributed by atoms with Gasteiger partial charge in [-0.1, -0.05) is 0 Å². The van der Waals surface area contributed by atoms with Crippen molar-refractivity contribution >= 4 is 10.0 Å². The quantitative estimate of drug-likeness (QED) is 0.675. The van der Waals surface area contributed by atoms with Crippen molar-refractivity contribution in [2.75, 3.05) is 26.0 Å². The van der Waals surface area contributed by atoms with Gasteiger partial charge < -0.3 is 4.74 Å². The fourth-order valence-corrected chi connectivity index (χ4v) is 2.55. The SMILES string of the molecule is CCS(=O)(=O)N(C)C1CCOCC1. The van der Waals surface area contributed by atoms with Gasteiger partial charge in [0.2, 0.25) is 10.0 Å². The lowest BCUT2D eigenvalue weighted by Gasteiger charge is -2.29. The van der Waals surface area contributed by atoms with Gasteiger partial charge in [0.15, 0.2) is 0 Å². The lowest BCUT2D eigenvalue weighted by molar-refractivity contribution is 0.0632. The Hall–Kier alpha value is -0.130. The zero-order valence-corrected chi connectivity index (χ0v) is 9.01. The Morgan fingerprint density at radius 1 is 1.38 bits per heavy atom. The number of hydrogen-bond acceptors (Lipinski definition) is 3. The molecule has 0 aromatic carbocycles. The molecule has 4 nitrogen and oxygen atoms in total. The summed E-state index contributed by atoms with van der Waals surface area (Å²) in [5.74, 6) is 0.181. The third kappa shape index (κ3) is 2.65. The molecule has 0 aromatic heterocycles. The zero-order valence-electron chi connectivity index (χ0n) is 8.19. The second-order valence-electron chi connectivity index (χ2n) is 3.26. The molecule has 0 unspecified atom stereocenters. The summed E-state index contributed by atoms with van der Waals surface area (Å²) in [6.07, 6.45) is 1.63. The standard InChI is InChI=1S/C8H17NO3S/c1-3-13(10,11)9(2)8-4-6-12-7-5-8/h8H,3-7H2,1-2H3. The first-order valence-electron chi connectivity index (χ1n) is 4.61. The molecule has 0 N–H and O–H groups in total. The fourth-order valence-electron chi connectivity index (χ4n) is 1.48. The first kappa shape index (κ1) is 10.9. The van der Waals surface area contributed by atoms with E-state index >= 15 is 0 Å². The number of rotatable bonds is 3. The Bertz CT molecular complexity index is 244. The molecule has 1 heterocycles. The summed E-state index contributed by atoms with van der Waals surface area (Å²) < 4.78 is 29.6. The van der Waals surface area contributed by atoms with Gasteiger partial charge in [0.1, 0.15) is 0 Å². The lowest BCUT2D eigenvalue weighted by atomic mass is 10.1. The van der Waals surface area contributed by atoms with Crippen LogP contribution in [0.15, 0.2) is 0 Å². The number of ether oxygens (including phenoxy) is 1. The van der Waals surface area contributed by atoms with E-state index in [4.69, 9.17) is 4.74 Å². The van der Waals surface area contributed by atoms with Crippen molar-refractivity contribution in [1.29, 1.82) is 0 Å². The van der Waals surface area contributed by atoms with Crippen LogP contribution in [0.25, 0.3) is 0 Å². The molecule has 78 valence electrons. The Balaban J connectivity index is 2.60. The first-order chi connectivity index (χ1) is 6.08. The monoisotopic (exact) mass is 207 g/mol. The molecule has 0 aliphatic carbocycles. The highest BCUT2D eigenvalue weighted by molar-refractivity contribution is 7.89. The highest BCUT2D eigenvalue weighted by Gasteiger charge is 2.26. The molecule has 0 aromatic rings. The van der Waals surface area contributed by atoms with E-state index in [9.17, 15) is 8.42 Å². The molecule has 0 amide bonds. The van der Waals surface area contributed by atoms with Gasteiger partial charge in [-0.2, -0.15) is 0 Å². The average molecular weight is 207 g/mol. The van der Waals surface area contributed by atoms with Gasteiger partial charge in [-0.3, -0.25) is 0 Å². The molecular formula is C8H17NO3S. The third-order valence-electron chi connectivity index (χ3n) is 2.51. The molecule has 1 saturated heterocycles. The molecule has 1 rings (SSSR count). The summed E-state index contributed by atoms with van der Waals surface area (Å²) in [5, 5.41) is 0. The van der Waals surface area contributed by atoms with Gasteiger partial charge in [0.25, 0.3) is 0 Å². The summed E-state index contributed by atoms with van der Waals surface area (Å²) in [7, 11) is -1.36. The van der Waals surface area contributed by atoms with Crippen molar-refractivity contribution in [3.05, 3.63) is 0 Å². The minimum absolute atomic E-state index is 0.138. The minimum atomic E-state index is -3.02. The second kappa shape index (κ2) is 4.39. The van der Waals surface area contributed by atoms with Crippen LogP contribution in [-0.2, 0) is 14.8 Å². The number of hydrogen-bond donors (Lipinski definition) is 0. The fraction of sp³-hybridized carbons (Fsp3) is 1.00. The van der Waals surface area contributed by atoms with Crippen LogP contribution in [0.4, 0.5) is 0 Å². The molecule has 0 saturated carbocycles. The van der Waals surface area contributed by atoms with Crippen molar-refractivity contribution in [2.45, 2.75) is 25.8 Å². The van der Waals surface area contributed by atoms with Crippen molar-refractivity contribution in [3.63, 3.8) is 0 Å². The maximum atomic E-state index is 11.5. The van der Waals surface area contributed by atoms with Crippen LogP contribution < -0.4 is 0 Å². The highest BCUT2D eigenvalue weighted by Crippen LogP contribution is 2.15. The van der Waals surface area contributed by atoms with E-state index in [2.05, 4.69) is 0 Å². The van der Waals surface area contributed by atoms with Crippen LogP contribution in [0.2, 0.25) is 0 Å². The van der Waals surface area contributed by atoms with E-state index in [1.807, 2.05) is 0 Å². The molecule has 13 heavy (non-hydrogen) atoms. The smallest absolute Gasteiger partial charge is 0.213 e. The number of nitrogens with zero attached hydrogens (tertiary/aromatic N) is 1. The molecule has 0 bridgehead atoms. The molecule has 5 heteroatoms. The summed E-state index contributed by atoms with van der Waals surface area (Å²) in [6.45, 7) is 3.02. The second-order valence-corrected chi connectivity index (χ2v) is 5.58. The summed E-state index contributed by atoms with van der Waals surface area (Å²) >= 11 is 0. The highest BCUT2D eigenvalue weighted by atomic mass is 32.2. The van der Waals surface area contributed by atoms with Crippen molar-refractivity contribution < 1.29 is 13.2 Å². The molecule has 0 atom stereocenters. The molecule has 1 aliphatic rings. The van der Waals surface area contributed by atoms with Crippen LogP contribution in [0.3, 0.4) is 0 Å². The van der Waals surface area contributed by atoms with Crippen molar-refractivity contribution in [1.82, 2.24) is 4.31 Å². The van der Waals surface area contributed by atoms with Crippen molar-refractivity contribution in [3.8, 4) is 0 Å². The third-order valence-corrected chi connectivity index (χ3v) is 4.41. The van der Waals surface area contributed by atoms with Crippen LogP contribution in [0.5, 0.6) is 0 Å². The predicted molar refractivity (Wildman–Crippen MR) is 51.1 cm³/mol. The maximum absolute atomic E-state index is 11.5. The average Bonchev–Trinajstić information content (AvgIpc) is 2.18. The van der Waals surface area contributed by atoms with E-state index in [0.29, 0.717) is 13.2 Å². The molecule has 1 aliphatic heterocycles. The Morgan fingerprint density at radius 3 is 2.38 bits per heavy atom. The Kier molecular flexibility index (Phi) is 3.70. The minimum Gasteiger partial charge on any atom is -0.381 e. The van der Waals surface area contributed by atoms with E-state index in [-0.39, 0.29) is 11.8 Å². The van der Waals surface area contributed by atoms with Crippen LogP contribution in [0, 0.1) is 0 Å². The topological polar surface area (TPSA) is 46.6 Å². The van der Waals surface area contributed by atoms with E-state index in [1.165, 1.54) is 4.31 Å². The molecule has 0 radical (unpaired) electrons. The molecule has 1 fully saturated rings. The van der Waals surface area contributed by atoms with Gasteiger partial charge in [0.05, 0.1) is 5.75 Å². The van der Waals surface area contributed by atoms with E-state index in [0.717, 1.165) is 12.8 Å². The summed E-state index contributed by atoms with van der Waals surface area (Å²) in [6, 6.07) is 0.138. The largest absolute Gasteiger partial charge is 0.381 e. The predicted octanol–water partition coefficient (Wildman–Crippen LogP) is 0.447. The first-order valence-corrected chi connectivity index (χ1v) is 6.22. The normalized spacial score (nSPS) is 20.8. The molecule has 0 spiro atoms. The lowest BCUT2D eigenvalue weighted by Crippen LogP contribution is -2.41. The van der Waals surface area contributed by atoms with Crippen LogP contribution in [-0.4, -0.2) is 44.8 Å². The van der Waals surface area contributed by atoms with Gasteiger partial charge in [0, 0.05) is 26.3 Å². The van der Waals surface area contributed by atoms with Gasteiger partial charge in [-0.05, 0) is 19.8 Å². The van der Waals surface area contributed by atoms with Crippen LogP contribution >= 0.6 is 0 Å². The zero-order chi connectivity index (χ0) is 9.90. The Labute approximate surface area is 79.9 Å². The number of sulfonamides is 1. The van der Waals surface area contributed by atoms with Gasteiger partial charge in [-0.25, -0.2) is 12.7 Å². The van der Waals surface area contributed by atoms with Gasteiger partial charge in [-0.15, -0.1) is 0 Å². The summed E-state index contributed by atoms with van der Waals surface area (Å²) in [4.78, 5) is 0. The van der Waals surface area contributed by atoms with Gasteiger partial charge >= 0.3 is 0 Å². The van der Waals surface area contributed by atoms with E-state index < -0.39 is 10.0 Å². The maximum Gasteiger partial charge on any atom is 0.213 e. The van der Waals surface area contributed by atoms with E-state index in [1.54, 1.807) is 14.0 Å². The van der Waals surface area contributed by atoms with Crippen molar-refractivity contribution in [2.24, 2.45) is 0 Å². The Morgan fingerprint density at radius 2 is 1.92 bits per heavy atom. The van der Waals surface area contributed by atoms with Crippen LogP contribution in [0.1, 0.15) is 19.8 Å².